The van der Waals surface area contributed by atoms with Crippen molar-refractivity contribution in [2.75, 3.05) is 12.4 Å². The molecule has 5 heteroatoms. The lowest BCUT2D eigenvalue weighted by atomic mass is 10.2. The second kappa shape index (κ2) is 6.25. The summed E-state index contributed by atoms with van der Waals surface area (Å²) in [5.74, 6) is 0.560. The Morgan fingerprint density at radius 2 is 1.90 bits per heavy atom. The third-order valence-electron chi connectivity index (χ3n) is 2.98. The predicted molar refractivity (Wildman–Crippen MR) is 83.2 cm³/mol. The van der Waals surface area contributed by atoms with E-state index in [1.807, 2.05) is 19.1 Å². The minimum atomic E-state index is 0.118. The third-order valence-corrected chi connectivity index (χ3v) is 3.70. The Kier molecular flexibility index (Phi) is 4.63. The van der Waals surface area contributed by atoms with Crippen LogP contribution in [0.2, 0.25) is 10.0 Å². The average molecular weight is 312 g/mol. The molecule has 2 N–H and O–H groups in total. The topological polar surface area (TPSA) is 41.5 Å². The fraction of sp³-hybridized carbons (Fsp3) is 0.200. The molecule has 20 heavy (non-hydrogen) atoms. The van der Waals surface area contributed by atoms with E-state index in [0.717, 1.165) is 16.8 Å². The van der Waals surface area contributed by atoms with E-state index in [9.17, 15) is 5.11 Å². The van der Waals surface area contributed by atoms with Crippen molar-refractivity contribution >= 4 is 28.9 Å². The summed E-state index contributed by atoms with van der Waals surface area (Å²) in [5.41, 5.74) is 2.68. The number of phenolic OH excluding ortho intramolecular Hbond substituents is 1. The van der Waals surface area contributed by atoms with Crippen LogP contribution in [0.3, 0.4) is 0 Å². The highest BCUT2D eigenvalue weighted by Gasteiger charge is 2.06. The van der Waals surface area contributed by atoms with Gasteiger partial charge in [-0.1, -0.05) is 29.3 Å². The van der Waals surface area contributed by atoms with Gasteiger partial charge in [-0.15, -0.1) is 0 Å². The smallest absolute Gasteiger partial charge is 0.160 e. The van der Waals surface area contributed by atoms with Crippen LogP contribution in [0.1, 0.15) is 11.1 Å². The lowest BCUT2D eigenvalue weighted by Crippen LogP contribution is -2.00. The van der Waals surface area contributed by atoms with E-state index >= 15 is 0 Å². The molecule has 0 aliphatic rings. The largest absolute Gasteiger partial charge is 0.504 e. The van der Waals surface area contributed by atoms with Gasteiger partial charge in [0.25, 0.3) is 0 Å². The highest BCUT2D eigenvalue weighted by Crippen LogP contribution is 2.30. The van der Waals surface area contributed by atoms with Gasteiger partial charge in [-0.3, -0.25) is 0 Å². The van der Waals surface area contributed by atoms with Crippen LogP contribution in [0, 0.1) is 6.92 Å². The van der Waals surface area contributed by atoms with Crippen LogP contribution in [0.25, 0.3) is 0 Å². The minimum absolute atomic E-state index is 0.118. The van der Waals surface area contributed by atoms with Crippen LogP contribution in [0.15, 0.2) is 30.3 Å². The lowest BCUT2D eigenvalue weighted by Gasteiger charge is -2.11. The number of methoxy groups -OCH3 is 1. The molecular formula is C15H15Cl2NO2. The molecule has 0 amide bonds. The van der Waals surface area contributed by atoms with Crippen molar-refractivity contribution in [1.82, 2.24) is 0 Å². The SMILES string of the molecule is COc1cc(CNc2cc(Cl)c(C)cc2Cl)ccc1O. The number of ether oxygens (including phenoxy) is 1. The van der Waals surface area contributed by atoms with Crippen molar-refractivity contribution in [2.24, 2.45) is 0 Å². The molecule has 0 spiro atoms. The van der Waals surface area contributed by atoms with E-state index in [0.29, 0.717) is 22.3 Å². The number of benzene rings is 2. The number of anilines is 1. The number of aromatic hydroxyl groups is 1. The molecule has 0 aliphatic heterocycles. The van der Waals surface area contributed by atoms with Gasteiger partial charge in [-0.05, 0) is 42.3 Å². The zero-order valence-corrected chi connectivity index (χ0v) is 12.7. The molecule has 0 heterocycles. The number of phenols is 1. The molecule has 0 aromatic heterocycles. The van der Waals surface area contributed by atoms with Crippen LogP contribution < -0.4 is 10.1 Å². The number of hydrogen-bond donors (Lipinski definition) is 2. The Labute approximate surface area is 128 Å². The van der Waals surface area contributed by atoms with E-state index in [1.165, 1.54) is 7.11 Å². The second-order valence-corrected chi connectivity index (χ2v) is 5.26. The quantitative estimate of drug-likeness (QED) is 0.865. The number of aryl methyl sites for hydroxylation is 1. The summed E-state index contributed by atoms with van der Waals surface area (Å²) >= 11 is 12.2. The average Bonchev–Trinajstić information content (AvgIpc) is 2.43. The molecule has 3 nitrogen and oxygen atoms in total. The highest BCUT2D eigenvalue weighted by atomic mass is 35.5. The maximum atomic E-state index is 9.55. The maximum absolute atomic E-state index is 9.55. The Hall–Kier alpha value is -1.58. The number of rotatable bonds is 4. The first-order valence-electron chi connectivity index (χ1n) is 6.06. The monoisotopic (exact) mass is 311 g/mol. The van der Waals surface area contributed by atoms with Crippen LogP contribution in [0.5, 0.6) is 11.5 Å². The Bertz CT molecular complexity index is 630. The molecule has 0 radical (unpaired) electrons. The van der Waals surface area contributed by atoms with Gasteiger partial charge < -0.3 is 15.2 Å². The van der Waals surface area contributed by atoms with Crippen molar-refractivity contribution in [1.29, 1.82) is 0 Å². The van der Waals surface area contributed by atoms with E-state index in [2.05, 4.69) is 5.32 Å². The number of nitrogens with one attached hydrogen (secondary N) is 1. The summed E-state index contributed by atoms with van der Waals surface area (Å²) in [7, 11) is 1.52. The molecule has 0 saturated heterocycles. The van der Waals surface area contributed by atoms with Crippen molar-refractivity contribution in [2.45, 2.75) is 13.5 Å². The molecule has 0 atom stereocenters. The first kappa shape index (κ1) is 14.8. The van der Waals surface area contributed by atoms with Gasteiger partial charge in [0.15, 0.2) is 11.5 Å². The fourth-order valence-electron chi connectivity index (χ4n) is 1.81. The summed E-state index contributed by atoms with van der Waals surface area (Å²) in [6, 6.07) is 8.81. The molecule has 2 aromatic carbocycles. The molecule has 0 saturated carbocycles. The maximum Gasteiger partial charge on any atom is 0.160 e. The summed E-state index contributed by atoms with van der Waals surface area (Å²) in [6.45, 7) is 2.46. The molecule has 0 bridgehead atoms. The molecule has 2 rings (SSSR count). The van der Waals surface area contributed by atoms with E-state index < -0.39 is 0 Å². The normalized spacial score (nSPS) is 10.4. The molecule has 2 aromatic rings. The molecule has 106 valence electrons. The van der Waals surface area contributed by atoms with E-state index in [-0.39, 0.29) is 5.75 Å². The van der Waals surface area contributed by atoms with Crippen LogP contribution in [0.4, 0.5) is 5.69 Å². The van der Waals surface area contributed by atoms with Crippen LogP contribution in [-0.2, 0) is 6.54 Å². The van der Waals surface area contributed by atoms with Gasteiger partial charge >= 0.3 is 0 Å². The van der Waals surface area contributed by atoms with Gasteiger partial charge in [-0.25, -0.2) is 0 Å². The predicted octanol–water partition coefficient (Wildman–Crippen LogP) is 4.63. The zero-order valence-electron chi connectivity index (χ0n) is 11.2. The number of halogens is 2. The van der Waals surface area contributed by atoms with E-state index in [4.69, 9.17) is 27.9 Å². The van der Waals surface area contributed by atoms with Gasteiger partial charge in [0, 0.05) is 11.6 Å². The van der Waals surface area contributed by atoms with Gasteiger partial charge in [-0.2, -0.15) is 0 Å². The van der Waals surface area contributed by atoms with Crippen molar-refractivity contribution < 1.29 is 9.84 Å². The minimum Gasteiger partial charge on any atom is -0.504 e. The van der Waals surface area contributed by atoms with Crippen LogP contribution in [-0.4, -0.2) is 12.2 Å². The second-order valence-electron chi connectivity index (χ2n) is 4.44. The standard InChI is InChI=1S/C15H15Cl2NO2/c1-9-5-12(17)13(7-11(9)16)18-8-10-3-4-14(19)15(6-10)20-2/h3-7,18-19H,8H2,1-2H3. The summed E-state index contributed by atoms with van der Waals surface area (Å²) in [6.07, 6.45) is 0. The fourth-order valence-corrected chi connectivity index (χ4v) is 2.26. The summed E-state index contributed by atoms with van der Waals surface area (Å²) in [4.78, 5) is 0. The summed E-state index contributed by atoms with van der Waals surface area (Å²) in [5, 5.41) is 14.1. The zero-order chi connectivity index (χ0) is 14.7. The Morgan fingerprint density at radius 3 is 2.60 bits per heavy atom. The Balaban J connectivity index is 2.14. The Morgan fingerprint density at radius 1 is 1.15 bits per heavy atom. The van der Waals surface area contributed by atoms with Crippen molar-refractivity contribution in [3.63, 3.8) is 0 Å². The lowest BCUT2D eigenvalue weighted by molar-refractivity contribution is 0.373. The molecule has 0 aliphatic carbocycles. The highest BCUT2D eigenvalue weighted by molar-refractivity contribution is 6.35. The number of hydrogen-bond acceptors (Lipinski definition) is 3. The molecule has 0 fully saturated rings. The first-order chi connectivity index (χ1) is 9.51. The van der Waals surface area contributed by atoms with Gasteiger partial charge in [0.1, 0.15) is 0 Å². The summed E-state index contributed by atoms with van der Waals surface area (Å²) < 4.78 is 5.07. The van der Waals surface area contributed by atoms with E-state index in [1.54, 1.807) is 18.2 Å². The third kappa shape index (κ3) is 3.30. The van der Waals surface area contributed by atoms with Crippen molar-refractivity contribution in [3.05, 3.63) is 51.5 Å². The first-order valence-corrected chi connectivity index (χ1v) is 6.82. The van der Waals surface area contributed by atoms with Gasteiger partial charge in [0.2, 0.25) is 0 Å². The molecule has 0 unspecified atom stereocenters. The van der Waals surface area contributed by atoms with Crippen LogP contribution >= 0.6 is 23.2 Å². The van der Waals surface area contributed by atoms with Gasteiger partial charge in [0.05, 0.1) is 17.8 Å². The molecular weight excluding hydrogens is 297 g/mol. The van der Waals surface area contributed by atoms with Crippen molar-refractivity contribution in [3.8, 4) is 11.5 Å².